The van der Waals surface area contributed by atoms with Gasteiger partial charge < -0.3 is 10.2 Å². The number of halogens is 1. The van der Waals surface area contributed by atoms with Crippen LogP contribution in [0.15, 0.2) is 60.8 Å². The molecule has 0 atom stereocenters. The number of hydrogen-bond donors (Lipinski definition) is 1. The second-order valence-corrected chi connectivity index (χ2v) is 6.53. The van der Waals surface area contributed by atoms with Crippen LogP contribution in [0, 0.1) is 5.82 Å². The maximum atomic E-state index is 13.3. The Kier molecular flexibility index (Phi) is 5.20. The van der Waals surface area contributed by atoms with Crippen LogP contribution >= 0.6 is 0 Å². The molecule has 0 radical (unpaired) electrons. The van der Waals surface area contributed by atoms with E-state index in [-0.39, 0.29) is 5.82 Å². The SMILES string of the molecule is Fc1cccc(Nc2cnnc(N3CCN(Cc4ccccc4)CC3)n2)c1. The summed E-state index contributed by atoms with van der Waals surface area (Å²) < 4.78 is 13.3. The van der Waals surface area contributed by atoms with Crippen molar-refractivity contribution >= 4 is 17.5 Å². The van der Waals surface area contributed by atoms with Crippen molar-refractivity contribution in [3.05, 3.63) is 72.2 Å². The number of hydrogen-bond acceptors (Lipinski definition) is 6. The Morgan fingerprint density at radius 2 is 1.78 bits per heavy atom. The number of benzene rings is 2. The van der Waals surface area contributed by atoms with Gasteiger partial charge in [-0.25, -0.2) is 4.39 Å². The van der Waals surface area contributed by atoms with Crippen molar-refractivity contribution in [3.63, 3.8) is 0 Å². The van der Waals surface area contributed by atoms with Crippen molar-refractivity contribution in [2.75, 3.05) is 36.4 Å². The lowest BCUT2D eigenvalue weighted by atomic mass is 10.2. The first-order valence-electron chi connectivity index (χ1n) is 9.00. The van der Waals surface area contributed by atoms with Gasteiger partial charge in [-0.15, -0.1) is 5.10 Å². The Morgan fingerprint density at radius 1 is 0.963 bits per heavy atom. The molecule has 7 heteroatoms. The maximum Gasteiger partial charge on any atom is 0.247 e. The number of nitrogens with zero attached hydrogens (tertiary/aromatic N) is 5. The standard InChI is InChI=1S/C20H21FN6/c21-17-7-4-8-18(13-17)23-19-14-22-25-20(24-19)27-11-9-26(10-12-27)15-16-5-2-1-3-6-16/h1-8,13-14H,9-12,15H2,(H,23,24,25). The number of nitrogens with one attached hydrogen (secondary N) is 1. The predicted octanol–water partition coefficient (Wildman–Crippen LogP) is 3.08. The van der Waals surface area contributed by atoms with Gasteiger partial charge in [-0.2, -0.15) is 10.1 Å². The molecule has 1 N–H and O–H groups in total. The average molecular weight is 364 g/mol. The fourth-order valence-electron chi connectivity index (χ4n) is 3.15. The molecule has 2 aromatic carbocycles. The largest absolute Gasteiger partial charge is 0.339 e. The van der Waals surface area contributed by atoms with Crippen molar-refractivity contribution in [1.29, 1.82) is 0 Å². The van der Waals surface area contributed by atoms with Gasteiger partial charge in [0.05, 0.1) is 6.20 Å². The molecule has 138 valence electrons. The van der Waals surface area contributed by atoms with Crippen LogP contribution in [0.25, 0.3) is 0 Å². The normalized spacial score (nSPS) is 14.9. The number of anilines is 3. The average Bonchev–Trinajstić information content (AvgIpc) is 2.70. The van der Waals surface area contributed by atoms with Gasteiger partial charge in [0.15, 0.2) is 5.82 Å². The highest BCUT2D eigenvalue weighted by Gasteiger charge is 2.19. The van der Waals surface area contributed by atoms with Crippen LogP contribution < -0.4 is 10.2 Å². The van der Waals surface area contributed by atoms with E-state index in [2.05, 4.69) is 54.6 Å². The maximum absolute atomic E-state index is 13.3. The topological polar surface area (TPSA) is 57.2 Å². The molecule has 0 aliphatic carbocycles. The minimum absolute atomic E-state index is 0.295. The van der Waals surface area contributed by atoms with E-state index in [4.69, 9.17) is 0 Å². The summed E-state index contributed by atoms with van der Waals surface area (Å²) in [5, 5.41) is 11.3. The Balaban J connectivity index is 1.37. The highest BCUT2D eigenvalue weighted by Crippen LogP contribution is 2.18. The molecular weight excluding hydrogens is 343 g/mol. The van der Waals surface area contributed by atoms with Gasteiger partial charge >= 0.3 is 0 Å². The highest BCUT2D eigenvalue weighted by atomic mass is 19.1. The quantitative estimate of drug-likeness (QED) is 0.751. The third kappa shape index (κ3) is 4.57. The minimum Gasteiger partial charge on any atom is -0.339 e. The Hall–Kier alpha value is -3.06. The second-order valence-electron chi connectivity index (χ2n) is 6.53. The molecular formula is C20H21FN6. The molecule has 1 aliphatic heterocycles. The number of aromatic nitrogens is 3. The first-order chi connectivity index (χ1) is 13.3. The van der Waals surface area contributed by atoms with E-state index in [0.717, 1.165) is 32.7 Å². The smallest absolute Gasteiger partial charge is 0.247 e. The fraction of sp³-hybridized carbons (Fsp3) is 0.250. The Bertz CT molecular complexity index is 880. The summed E-state index contributed by atoms with van der Waals surface area (Å²) in [5.41, 5.74) is 1.96. The van der Waals surface area contributed by atoms with Crippen LogP contribution in [0.3, 0.4) is 0 Å². The Labute approximate surface area is 157 Å². The lowest BCUT2D eigenvalue weighted by Crippen LogP contribution is -2.46. The zero-order chi connectivity index (χ0) is 18.5. The Morgan fingerprint density at radius 3 is 2.56 bits per heavy atom. The van der Waals surface area contributed by atoms with E-state index in [1.807, 2.05) is 6.07 Å². The van der Waals surface area contributed by atoms with Gasteiger partial charge in [-0.1, -0.05) is 36.4 Å². The van der Waals surface area contributed by atoms with Crippen LogP contribution in [-0.2, 0) is 6.54 Å². The lowest BCUT2D eigenvalue weighted by Gasteiger charge is -2.34. The molecule has 0 unspecified atom stereocenters. The highest BCUT2D eigenvalue weighted by molar-refractivity contribution is 5.56. The molecule has 4 rings (SSSR count). The zero-order valence-electron chi connectivity index (χ0n) is 14.9. The van der Waals surface area contributed by atoms with Crippen molar-refractivity contribution in [2.24, 2.45) is 0 Å². The summed E-state index contributed by atoms with van der Waals surface area (Å²) in [4.78, 5) is 9.09. The molecule has 3 aromatic rings. The van der Waals surface area contributed by atoms with Gasteiger partial charge in [-0.05, 0) is 23.8 Å². The van der Waals surface area contributed by atoms with Crippen molar-refractivity contribution in [2.45, 2.75) is 6.54 Å². The van der Waals surface area contributed by atoms with Gasteiger partial charge in [0.1, 0.15) is 5.82 Å². The molecule has 1 fully saturated rings. The molecule has 0 bridgehead atoms. The van der Waals surface area contributed by atoms with Gasteiger partial charge in [0.25, 0.3) is 0 Å². The summed E-state index contributed by atoms with van der Waals surface area (Å²) in [6.45, 7) is 4.53. The summed E-state index contributed by atoms with van der Waals surface area (Å²) in [5.74, 6) is 0.852. The van der Waals surface area contributed by atoms with Crippen LogP contribution in [0.2, 0.25) is 0 Å². The van der Waals surface area contributed by atoms with Gasteiger partial charge in [0.2, 0.25) is 5.95 Å². The molecule has 27 heavy (non-hydrogen) atoms. The van der Waals surface area contributed by atoms with E-state index in [0.29, 0.717) is 17.5 Å². The van der Waals surface area contributed by atoms with E-state index < -0.39 is 0 Å². The lowest BCUT2D eigenvalue weighted by molar-refractivity contribution is 0.248. The third-order valence-corrected chi connectivity index (χ3v) is 4.55. The number of piperazine rings is 1. The summed E-state index contributed by atoms with van der Waals surface area (Å²) >= 11 is 0. The van der Waals surface area contributed by atoms with E-state index in [1.54, 1.807) is 18.3 Å². The molecule has 1 aromatic heterocycles. The van der Waals surface area contributed by atoms with E-state index >= 15 is 0 Å². The van der Waals surface area contributed by atoms with Gasteiger partial charge in [0, 0.05) is 38.4 Å². The summed E-state index contributed by atoms with van der Waals surface area (Å²) in [6.07, 6.45) is 1.54. The monoisotopic (exact) mass is 364 g/mol. The second kappa shape index (κ2) is 8.09. The summed E-state index contributed by atoms with van der Waals surface area (Å²) in [6, 6.07) is 16.8. The molecule has 0 saturated carbocycles. The minimum atomic E-state index is -0.295. The first-order valence-corrected chi connectivity index (χ1v) is 9.00. The number of rotatable bonds is 5. The van der Waals surface area contributed by atoms with Crippen molar-refractivity contribution in [3.8, 4) is 0 Å². The molecule has 1 saturated heterocycles. The van der Waals surface area contributed by atoms with E-state index in [1.165, 1.54) is 17.7 Å². The predicted molar refractivity (Wildman–Crippen MR) is 103 cm³/mol. The van der Waals surface area contributed by atoms with Crippen LogP contribution in [0.5, 0.6) is 0 Å². The zero-order valence-corrected chi connectivity index (χ0v) is 14.9. The third-order valence-electron chi connectivity index (χ3n) is 4.55. The molecule has 0 amide bonds. The van der Waals surface area contributed by atoms with Crippen molar-refractivity contribution in [1.82, 2.24) is 20.1 Å². The fourth-order valence-corrected chi connectivity index (χ4v) is 3.15. The van der Waals surface area contributed by atoms with Crippen LogP contribution in [-0.4, -0.2) is 46.3 Å². The molecule has 6 nitrogen and oxygen atoms in total. The molecule has 1 aliphatic rings. The molecule has 0 spiro atoms. The first kappa shape index (κ1) is 17.4. The van der Waals surface area contributed by atoms with Crippen LogP contribution in [0.1, 0.15) is 5.56 Å². The van der Waals surface area contributed by atoms with Gasteiger partial charge in [-0.3, -0.25) is 4.90 Å². The molecule has 2 heterocycles. The van der Waals surface area contributed by atoms with Crippen molar-refractivity contribution < 1.29 is 4.39 Å². The van der Waals surface area contributed by atoms with E-state index in [9.17, 15) is 4.39 Å². The van der Waals surface area contributed by atoms with Crippen LogP contribution in [0.4, 0.5) is 21.8 Å². The summed E-state index contributed by atoms with van der Waals surface area (Å²) in [7, 11) is 0.